The van der Waals surface area contributed by atoms with Crippen LogP contribution in [0.4, 0.5) is 0 Å². The van der Waals surface area contributed by atoms with Gasteiger partial charge in [-0.25, -0.2) is 0 Å². The van der Waals surface area contributed by atoms with Crippen molar-refractivity contribution in [2.24, 2.45) is 0 Å². The molecule has 0 aromatic heterocycles. The maximum atomic E-state index is 10.5. The summed E-state index contributed by atoms with van der Waals surface area (Å²) in [7, 11) is -1.90. The van der Waals surface area contributed by atoms with E-state index in [0.717, 1.165) is 12.8 Å². The normalized spacial score (nSPS) is 16.2. The molecule has 0 saturated carbocycles. The van der Waals surface area contributed by atoms with Crippen molar-refractivity contribution < 1.29 is 18.4 Å². The van der Waals surface area contributed by atoms with E-state index in [1.54, 1.807) is 0 Å². The second-order valence-corrected chi connectivity index (χ2v) is 6.33. The highest BCUT2D eigenvalue weighted by Gasteiger charge is 2.41. The molecule has 0 bridgehead atoms. The van der Waals surface area contributed by atoms with E-state index in [-0.39, 0.29) is 0 Å². The molecule has 0 aliphatic carbocycles. The molecule has 0 fully saturated rings. The van der Waals surface area contributed by atoms with Crippen molar-refractivity contribution in [1.29, 1.82) is 0 Å². The van der Waals surface area contributed by atoms with Gasteiger partial charge in [0.25, 0.3) is 0 Å². The zero-order chi connectivity index (χ0) is 13.4. The molecule has 1 aromatic rings. The van der Waals surface area contributed by atoms with Crippen molar-refractivity contribution >= 4 is 14.0 Å². The van der Waals surface area contributed by atoms with Crippen molar-refractivity contribution in [2.45, 2.75) is 33.0 Å². The summed E-state index contributed by atoms with van der Waals surface area (Å²) in [6.07, 6.45) is 1.24. The van der Waals surface area contributed by atoms with Crippen molar-refractivity contribution in [3.63, 3.8) is 0 Å². The lowest BCUT2D eigenvalue weighted by atomic mass is 10.3. The van der Waals surface area contributed by atoms with E-state index in [9.17, 15) is 4.80 Å². The fraction of sp³-hybridized carbons (Fsp3) is 0.538. The summed E-state index contributed by atoms with van der Waals surface area (Å²) in [5.41, 5.74) is 0. The first kappa shape index (κ1) is 15.3. The molecule has 5 heteroatoms. The first-order valence-electron chi connectivity index (χ1n) is 6.28. The Labute approximate surface area is 110 Å². The van der Waals surface area contributed by atoms with Crippen molar-refractivity contribution in [3.05, 3.63) is 30.3 Å². The van der Waals surface area contributed by atoms with E-state index in [0.29, 0.717) is 11.8 Å². The summed E-state index contributed by atoms with van der Waals surface area (Å²) in [4.78, 5) is 10.5. The molecule has 0 heterocycles. The Bertz CT molecular complexity index is 327. The molecular formula is C13H22O4Si. The van der Waals surface area contributed by atoms with E-state index < -0.39 is 15.1 Å². The fourth-order valence-electron chi connectivity index (χ4n) is 1.66. The lowest BCUT2D eigenvalue weighted by Crippen LogP contribution is -2.55. The summed E-state index contributed by atoms with van der Waals surface area (Å²) in [5.74, 6) is 0. The van der Waals surface area contributed by atoms with Gasteiger partial charge in [-0.1, -0.05) is 43.7 Å². The molecule has 0 aliphatic heterocycles. The molecule has 4 nitrogen and oxygen atoms in total. The maximum Gasteiger partial charge on any atom is 0.536 e. The zero-order valence-electron chi connectivity index (χ0n) is 11.3. The van der Waals surface area contributed by atoms with Crippen LogP contribution in [0.1, 0.15) is 26.7 Å². The molecule has 102 valence electrons. The molecule has 0 spiro atoms. The molecule has 1 rings (SSSR count). The van der Waals surface area contributed by atoms with Gasteiger partial charge in [0.05, 0.1) is 0 Å². The first-order chi connectivity index (χ1) is 8.66. The molecule has 1 N–H and O–H groups in total. The van der Waals surface area contributed by atoms with Crippen molar-refractivity contribution in [1.82, 2.24) is 0 Å². The van der Waals surface area contributed by atoms with E-state index in [4.69, 9.17) is 13.6 Å². The highest BCUT2D eigenvalue weighted by atomic mass is 28.4. The van der Waals surface area contributed by atoms with Gasteiger partial charge in [0.1, 0.15) is 0 Å². The molecule has 0 radical (unpaired) electrons. The molecule has 1 aromatic carbocycles. The topological polar surface area (TPSA) is 47.9 Å². The minimum Gasteiger partial charge on any atom is -0.386 e. The summed E-state index contributed by atoms with van der Waals surface area (Å²) in [6.45, 7) is 4.50. The van der Waals surface area contributed by atoms with Gasteiger partial charge < -0.3 is 18.4 Å². The van der Waals surface area contributed by atoms with Crippen LogP contribution in [-0.2, 0) is 13.6 Å². The monoisotopic (exact) mass is 270 g/mol. The number of rotatable bonds is 8. The molecule has 0 amide bonds. The van der Waals surface area contributed by atoms with Crippen LogP contribution in [0.5, 0.6) is 0 Å². The Hall–Kier alpha value is -0.723. The van der Waals surface area contributed by atoms with Gasteiger partial charge in [-0.2, -0.15) is 0 Å². The maximum absolute atomic E-state index is 10.5. The Morgan fingerprint density at radius 2 is 1.89 bits per heavy atom. The summed E-state index contributed by atoms with van der Waals surface area (Å²) >= 11 is 0. The molecule has 0 saturated heterocycles. The van der Waals surface area contributed by atoms with Gasteiger partial charge in [0.15, 0.2) is 6.29 Å². The molecule has 2 atom stereocenters. The average molecular weight is 270 g/mol. The van der Waals surface area contributed by atoms with Crippen LogP contribution in [0.3, 0.4) is 0 Å². The van der Waals surface area contributed by atoms with Crippen LogP contribution < -0.4 is 5.19 Å². The fourth-order valence-corrected chi connectivity index (χ4v) is 3.28. The zero-order valence-corrected chi connectivity index (χ0v) is 12.3. The van der Waals surface area contributed by atoms with Gasteiger partial charge in [0, 0.05) is 18.9 Å². The lowest BCUT2D eigenvalue weighted by Gasteiger charge is -2.27. The minimum atomic E-state index is -3.36. The number of ether oxygens (including phenoxy) is 1. The van der Waals surface area contributed by atoms with E-state index in [1.807, 2.05) is 44.2 Å². The molecular weight excluding hydrogens is 248 g/mol. The SMILES string of the molecule is CCCC(OCC)O[Si](O)(OC)c1ccccc1. The second kappa shape index (κ2) is 7.65. The standard InChI is InChI=1S/C13H22O4Si/c1-4-9-13(16-5-2)17-18(14,15-3)12-10-7-6-8-11-12/h6-8,10-11,13-14H,4-5,9H2,1-3H3. The van der Waals surface area contributed by atoms with Crippen molar-refractivity contribution in [3.8, 4) is 0 Å². The van der Waals surface area contributed by atoms with Crippen LogP contribution in [0.15, 0.2) is 30.3 Å². The van der Waals surface area contributed by atoms with Gasteiger partial charge in [-0.05, 0) is 13.3 Å². The quantitative estimate of drug-likeness (QED) is 0.576. The smallest absolute Gasteiger partial charge is 0.386 e. The summed E-state index contributed by atoms with van der Waals surface area (Å²) < 4.78 is 16.4. The van der Waals surface area contributed by atoms with Gasteiger partial charge in [-0.15, -0.1) is 0 Å². The van der Waals surface area contributed by atoms with Crippen LogP contribution in [0.25, 0.3) is 0 Å². The predicted molar refractivity (Wildman–Crippen MR) is 72.5 cm³/mol. The predicted octanol–water partition coefficient (Wildman–Crippen LogP) is 1.65. The number of benzene rings is 1. The highest BCUT2D eigenvalue weighted by molar-refractivity contribution is 6.74. The van der Waals surface area contributed by atoms with Gasteiger partial charge in [-0.3, -0.25) is 0 Å². The van der Waals surface area contributed by atoms with E-state index >= 15 is 0 Å². The highest BCUT2D eigenvalue weighted by Crippen LogP contribution is 2.12. The summed E-state index contributed by atoms with van der Waals surface area (Å²) in [5, 5.41) is 0.688. The van der Waals surface area contributed by atoms with E-state index in [1.165, 1.54) is 7.11 Å². The largest absolute Gasteiger partial charge is 0.536 e. The van der Waals surface area contributed by atoms with Crippen LogP contribution >= 0.6 is 0 Å². The minimum absolute atomic E-state index is 0.420. The first-order valence-corrected chi connectivity index (χ1v) is 8.05. The van der Waals surface area contributed by atoms with E-state index in [2.05, 4.69) is 0 Å². The summed E-state index contributed by atoms with van der Waals surface area (Å²) in [6, 6.07) is 9.21. The van der Waals surface area contributed by atoms with Crippen LogP contribution in [0.2, 0.25) is 0 Å². The Balaban J connectivity index is 2.80. The third kappa shape index (κ3) is 4.19. The Morgan fingerprint density at radius 3 is 2.39 bits per heavy atom. The lowest BCUT2D eigenvalue weighted by molar-refractivity contribution is -0.109. The van der Waals surface area contributed by atoms with Crippen molar-refractivity contribution in [2.75, 3.05) is 13.7 Å². The van der Waals surface area contributed by atoms with Crippen LogP contribution in [0, 0.1) is 0 Å². The Morgan fingerprint density at radius 1 is 1.22 bits per heavy atom. The molecule has 0 aliphatic rings. The second-order valence-electron chi connectivity index (χ2n) is 3.94. The van der Waals surface area contributed by atoms with Gasteiger partial charge in [0.2, 0.25) is 0 Å². The number of hydrogen-bond donors (Lipinski definition) is 1. The Kier molecular flexibility index (Phi) is 6.52. The molecule has 18 heavy (non-hydrogen) atoms. The number of hydrogen-bond acceptors (Lipinski definition) is 4. The third-order valence-corrected chi connectivity index (χ3v) is 4.78. The molecule has 2 unspecified atom stereocenters. The third-order valence-electron chi connectivity index (χ3n) is 2.58. The average Bonchev–Trinajstić information content (AvgIpc) is 2.40. The van der Waals surface area contributed by atoms with Gasteiger partial charge >= 0.3 is 8.80 Å². The van der Waals surface area contributed by atoms with Crippen LogP contribution in [-0.4, -0.2) is 33.6 Å².